The third-order valence-corrected chi connectivity index (χ3v) is 5.88. The van der Waals surface area contributed by atoms with Crippen molar-refractivity contribution in [2.45, 2.75) is 96.9 Å². The van der Waals surface area contributed by atoms with Crippen molar-refractivity contribution in [1.82, 2.24) is 9.97 Å². The number of benzene rings is 1. The molecule has 1 aliphatic rings. The van der Waals surface area contributed by atoms with Crippen LogP contribution >= 0.6 is 0 Å². The molecule has 6 nitrogen and oxygen atoms in total. The molecule has 1 atom stereocenters. The minimum absolute atomic E-state index is 0.198. The zero-order chi connectivity index (χ0) is 23.5. The number of unbranched alkanes of at least 4 members (excludes halogenated alkanes) is 8. The van der Waals surface area contributed by atoms with Crippen molar-refractivity contribution in [3.8, 4) is 17.1 Å². The Kier molecular flexibility index (Phi) is 9.82. The molecule has 1 unspecified atom stereocenters. The second kappa shape index (κ2) is 12.8. The van der Waals surface area contributed by atoms with Crippen molar-refractivity contribution in [3.63, 3.8) is 0 Å². The van der Waals surface area contributed by atoms with Crippen LogP contribution in [-0.2, 0) is 20.7 Å². The number of rotatable bonds is 13. The smallest absolute Gasteiger partial charge is 0.343 e. The van der Waals surface area contributed by atoms with Crippen LogP contribution in [0.5, 0.6) is 5.75 Å². The van der Waals surface area contributed by atoms with Gasteiger partial charge in [0.05, 0.1) is 6.61 Å². The Morgan fingerprint density at radius 3 is 2.15 bits per heavy atom. The third kappa shape index (κ3) is 8.52. The van der Waals surface area contributed by atoms with Gasteiger partial charge in [0.25, 0.3) is 0 Å². The highest BCUT2D eigenvalue weighted by Gasteiger charge is 2.38. The zero-order valence-electron chi connectivity index (χ0n) is 20.3. The second-order valence-corrected chi connectivity index (χ2v) is 9.26. The summed E-state index contributed by atoms with van der Waals surface area (Å²) in [5.41, 5.74) is 2.06. The Labute approximate surface area is 198 Å². The fourth-order valence-corrected chi connectivity index (χ4v) is 3.93. The van der Waals surface area contributed by atoms with Gasteiger partial charge in [-0.2, -0.15) is 0 Å². The molecule has 1 aromatic heterocycles. The molecule has 0 radical (unpaired) electrons. The average Bonchev–Trinajstić information content (AvgIpc) is 3.19. The van der Waals surface area contributed by atoms with E-state index in [1.54, 1.807) is 26.0 Å². The Balaban J connectivity index is 1.38. The Hall–Kier alpha value is -2.31. The first kappa shape index (κ1) is 25.3. The Morgan fingerprint density at radius 2 is 1.58 bits per heavy atom. The number of aryl methyl sites for hydroxylation is 1. The van der Waals surface area contributed by atoms with Gasteiger partial charge in [-0.15, -0.1) is 0 Å². The van der Waals surface area contributed by atoms with Gasteiger partial charge in [-0.3, -0.25) is 0 Å². The molecule has 0 bridgehead atoms. The highest BCUT2D eigenvalue weighted by Crippen LogP contribution is 2.25. The summed E-state index contributed by atoms with van der Waals surface area (Å²) in [4.78, 5) is 21.3. The number of carbonyl (C=O) groups excluding carboxylic acids is 1. The lowest BCUT2D eigenvalue weighted by atomic mass is 10.1. The van der Waals surface area contributed by atoms with Crippen LogP contribution < -0.4 is 4.74 Å². The van der Waals surface area contributed by atoms with Crippen LogP contribution in [0.4, 0.5) is 0 Å². The maximum atomic E-state index is 12.2. The number of hydrogen-bond donors (Lipinski definition) is 0. The quantitative estimate of drug-likeness (QED) is 0.202. The summed E-state index contributed by atoms with van der Waals surface area (Å²) in [7, 11) is 0. The van der Waals surface area contributed by atoms with Crippen molar-refractivity contribution in [1.29, 1.82) is 0 Å². The SMILES string of the molecule is CCCCCCCCCCCc1cnc(-c2ccc(OC(=O)C3COC(C)(C)O3)cc2)nc1. The minimum Gasteiger partial charge on any atom is -0.425 e. The lowest BCUT2D eigenvalue weighted by Crippen LogP contribution is -2.30. The highest BCUT2D eigenvalue weighted by atomic mass is 16.8. The van der Waals surface area contributed by atoms with Crippen molar-refractivity contribution in [2.75, 3.05) is 6.61 Å². The monoisotopic (exact) mass is 454 g/mol. The molecule has 0 saturated carbocycles. The van der Waals surface area contributed by atoms with Crippen molar-refractivity contribution in [2.24, 2.45) is 0 Å². The molecular weight excluding hydrogens is 416 g/mol. The number of nitrogens with zero attached hydrogens (tertiary/aromatic N) is 2. The summed E-state index contributed by atoms with van der Waals surface area (Å²) in [6.45, 7) is 6.01. The molecule has 1 saturated heterocycles. The zero-order valence-corrected chi connectivity index (χ0v) is 20.3. The van der Waals surface area contributed by atoms with Crippen LogP contribution in [0, 0.1) is 0 Å². The van der Waals surface area contributed by atoms with Gasteiger partial charge in [-0.1, -0.05) is 58.3 Å². The van der Waals surface area contributed by atoms with Gasteiger partial charge in [-0.05, 0) is 56.5 Å². The fraction of sp³-hybridized carbons (Fsp3) is 0.593. The molecule has 2 aromatic rings. The molecule has 2 heterocycles. The molecule has 0 N–H and O–H groups in total. The van der Waals surface area contributed by atoms with Gasteiger partial charge in [0.2, 0.25) is 0 Å². The first-order valence-electron chi connectivity index (χ1n) is 12.4. The minimum atomic E-state index is -0.759. The van der Waals surface area contributed by atoms with E-state index in [1.807, 2.05) is 24.5 Å². The van der Waals surface area contributed by atoms with Crippen molar-refractivity contribution in [3.05, 3.63) is 42.2 Å². The standard InChI is InChI=1S/C27H38N2O4/c1-4-5-6-7-8-9-10-11-12-13-21-18-28-25(29-19-21)22-14-16-23(17-15-22)32-26(30)24-20-31-27(2,3)33-24/h14-19,24H,4-13,20H2,1-3H3. The van der Waals surface area contributed by atoms with Crippen LogP contribution in [-0.4, -0.2) is 34.4 Å². The third-order valence-electron chi connectivity index (χ3n) is 5.88. The molecule has 3 rings (SSSR count). The largest absolute Gasteiger partial charge is 0.425 e. The van der Waals surface area contributed by atoms with E-state index >= 15 is 0 Å². The summed E-state index contributed by atoms with van der Waals surface area (Å²) < 4.78 is 16.4. The van der Waals surface area contributed by atoms with Crippen molar-refractivity contribution >= 4 is 5.97 Å². The van der Waals surface area contributed by atoms with E-state index in [0.29, 0.717) is 11.6 Å². The molecule has 1 fully saturated rings. The van der Waals surface area contributed by atoms with Gasteiger partial charge >= 0.3 is 5.97 Å². The maximum Gasteiger partial charge on any atom is 0.343 e. The Bertz CT molecular complexity index is 849. The first-order chi connectivity index (χ1) is 16.0. The molecule has 33 heavy (non-hydrogen) atoms. The number of esters is 1. The van der Waals surface area contributed by atoms with E-state index in [1.165, 1.54) is 63.4 Å². The molecular formula is C27H38N2O4. The summed E-state index contributed by atoms with van der Waals surface area (Å²) in [6.07, 6.45) is 16.1. The second-order valence-electron chi connectivity index (χ2n) is 9.26. The van der Waals surface area contributed by atoms with E-state index in [9.17, 15) is 4.79 Å². The van der Waals surface area contributed by atoms with E-state index in [0.717, 1.165) is 12.0 Å². The number of carbonyl (C=O) groups is 1. The fourth-order valence-electron chi connectivity index (χ4n) is 3.93. The van der Waals surface area contributed by atoms with Gasteiger partial charge in [-0.25, -0.2) is 14.8 Å². The number of ether oxygens (including phenoxy) is 3. The summed E-state index contributed by atoms with van der Waals surface area (Å²) >= 11 is 0. The molecule has 0 aliphatic carbocycles. The Morgan fingerprint density at radius 1 is 0.970 bits per heavy atom. The van der Waals surface area contributed by atoms with E-state index in [-0.39, 0.29) is 6.61 Å². The predicted octanol–water partition coefficient (Wildman–Crippen LogP) is 6.27. The van der Waals surface area contributed by atoms with Gasteiger partial charge in [0, 0.05) is 18.0 Å². The van der Waals surface area contributed by atoms with E-state index < -0.39 is 17.9 Å². The average molecular weight is 455 g/mol. The van der Waals surface area contributed by atoms with Crippen LogP contribution in [0.3, 0.4) is 0 Å². The number of aromatic nitrogens is 2. The summed E-state index contributed by atoms with van der Waals surface area (Å²) in [5, 5.41) is 0. The normalized spacial score (nSPS) is 17.2. The highest BCUT2D eigenvalue weighted by molar-refractivity contribution is 5.77. The first-order valence-corrected chi connectivity index (χ1v) is 12.4. The van der Waals surface area contributed by atoms with Gasteiger partial charge in [0.1, 0.15) is 5.75 Å². The van der Waals surface area contributed by atoms with Crippen LogP contribution in [0.2, 0.25) is 0 Å². The van der Waals surface area contributed by atoms with E-state index in [2.05, 4.69) is 16.9 Å². The molecule has 1 aromatic carbocycles. The van der Waals surface area contributed by atoms with Crippen LogP contribution in [0.15, 0.2) is 36.7 Å². The predicted molar refractivity (Wildman–Crippen MR) is 129 cm³/mol. The lowest BCUT2D eigenvalue weighted by Gasteiger charge is -2.16. The van der Waals surface area contributed by atoms with Crippen LogP contribution in [0.25, 0.3) is 11.4 Å². The maximum absolute atomic E-state index is 12.2. The molecule has 0 amide bonds. The topological polar surface area (TPSA) is 70.5 Å². The van der Waals surface area contributed by atoms with Crippen LogP contribution in [0.1, 0.15) is 84.1 Å². The molecule has 6 heteroatoms. The summed E-state index contributed by atoms with van der Waals surface area (Å²) in [6, 6.07) is 7.20. The van der Waals surface area contributed by atoms with Crippen molar-refractivity contribution < 1.29 is 19.0 Å². The summed E-state index contributed by atoms with van der Waals surface area (Å²) in [5.74, 6) is -0.0901. The molecule has 1 aliphatic heterocycles. The molecule has 180 valence electrons. The van der Waals surface area contributed by atoms with Gasteiger partial charge < -0.3 is 14.2 Å². The number of hydrogen-bond acceptors (Lipinski definition) is 6. The lowest BCUT2D eigenvalue weighted by molar-refractivity contribution is -0.162. The van der Waals surface area contributed by atoms with E-state index in [4.69, 9.17) is 14.2 Å². The van der Waals surface area contributed by atoms with Gasteiger partial charge in [0.15, 0.2) is 17.7 Å². The molecule has 0 spiro atoms.